The quantitative estimate of drug-likeness (QED) is 0.768. The Labute approximate surface area is 177 Å². The van der Waals surface area contributed by atoms with Crippen molar-refractivity contribution in [3.8, 4) is 11.5 Å². The molecule has 2 aromatic rings. The number of halogens is 1. The highest BCUT2D eigenvalue weighted by molar-refractivity contribution is 6.32. The van der Waals surface area contributed by atoms with Gasteiger partial charge in [-0.2, -0.15) is 0 Å². The van der Waals surface area contributed by atoms with Crippen LogP contribution in [0, 0.1) is 6.92 Å². The number of nitrogens with zero attached hydrogens (tertiary/aromatic N) is 2. The number of hydrogen-bond acceptors (Lipinski definition) is 5. The predicted octanol–water partition coefficient (Wildman–Crippen LogP) is 4.06. The Balaban J connectivity index is 1.74. The SMILES string of the molecule is CCN1CCN(c2ccc(NC(=O)c3cc(Cl)c(OC)c(OC)c3)c(C)c2)CC1. The fraction of sp³-hybridized carbons (Fsp3) is 0.409. The van der Waals surface area contributed by atoms with Crippen LogP contribution in [0.4, 0.5) is 11.4 Å². The number of ether oxygens (including phenoxy) is 2. The van der Waals surface area contributed by atoms with Crippen molar-refractivity contribution in [3.05, 3.63) is 46.5 Å². The third-order valence-corrected chi connectivity index (χ3v) is 5.62. The molecule has 2 aromatic carbocycles. The predicted molar refractivity (Wildman–Crippen MR) is 118 cm³/mol. The van der Waals surface area contributed by atoms with Crippen LogP contribution in [0.25, 0.3) is 0 Å². The van der Waals surface area contributed by atoms with Crippen LogP contribution >= 0.6 is 11.6 Å². The van der Waals surface area contributed by atoms with Gasteiger partial charge in [-0.25, -0.2) is 0 Å². The largest absolute Gasteiger partial charge is 0.493 e. The number of rotatable bonds is 6. The third kappa shape index (κ3) is 4.77. The second-order valence-corrected chi connectivity index (χ2v) is 7.48. The minimum atomic E-state index is -0.250. The molecule has 1 heterocycles. The molecule has 0 aromatic heterocycles. The van der Waals surface area contributed by atoms with Crippen LogP contribution in [0.5, 0.6) is 11.5 Å². The first-order valence-electron chi connectivity index (χ1n) is 9.77. The van der Waals surface area contributed by atoms with E-state index in [0.717, 1.165) is 44.0 Å². The standard InChI is InChI=1S/C22H28ClN3O3/c1-5-25-8-10-26(11-9-25)17-6-7-19(15(2)12-17)24-22(27)16-13-18(23)21(29-4)20(14-16)28-3/h6-7,12-14H,5,8-11H2,1-4H3,(H,24,27). The first kappa shape index (κ1) is 21.3. The zero-order valence-electron chi connectivity index (χ0n) is 17.4. The lowest BCUT2D eigenvalue weighted by atomic mass is 10.1. The van der Waals surface area contributed by atoms with Crippen LogP contribution in [-0.2, 0) is 0 Å². The molecule has 156 valence electrons. The van der Waals surface area contributed by atoms with Gasteiger partial charge in [0.1, 0.15) is 0 Å². The molecule has 0 saturated carbocycles. The average molecular weight is 418 g/mol. The van der Waals surface area contributed by atoms with Crippen LogP contribution in [0.1, 0.15) is 22.8 Å². The molecule has 1 aliphatic heterocycles. The number of aryl methyl sites for hydroxylation is 1. The van der Waals surface area contributed by atoms with Crippen LogP contribution in [0.2, 0.25) is 5.02 Å². The molecule has 29 heavy (non-hydrogen) atoms. The van der Waals surface area contributed by atoms with Crippen LogP contribution in [-0.4, -0.2) is 57.8 Å². The highest BCUT2D eigenvalue weighted by Crippen LogP contribution is 2.36. The Bertz CT molecular complexity index is 880. The lowest BCUT2D eigenvalue weighted by Gasteiger charge is -2.35. The Hall–Kier alpha value is -2.44. The molecule has 1 saturated heterocycles. The molecule has 0 unspecified atom stereocenters. The van der Waals surface area contributed by atoms with E-state index in [9.17, 15) is 4.79 Å². The van der Waals surface area contributed by atoms with Crippen molar-refractivity contribution in [2.45, 2.75) is 13.8 Å². The monoisotopic (exact) mass is 417 g/mol. The number of nitrogens with one attached hydrogen (secondary N) is 1. The fourth-order valence-electron chi connectivity index (χ4n) is 3.55. The number of hydrogen-bond donors (Lipinski definition) is 1. The molecule has 0 atom stereocenters. The van der Waals surface area contributed by atoms with Crippen molar-refractivity contribution >= 4 is 28.9 Å². The number of methoxy groups -OCH3 is 2. The van der Waals surface area contributed by atoms with E-state index in [1.165, 1.54) is 19.9 Å². The first-order valence-corrected chi connectivity index (χ1v) is 10.2. The van der Waals surface area contributed by atoms with Gasteiger partial charge < -0.3 is 24.6 Å². The molecule has 0 radical (unpaired) electrons. The number of carbonyl (C=O) groups is 1. The maximum absolute atomic E-state index is 12.8. The minimum absolute atomic E-state index is 0.250. The highest BCUT2D eigenvalue weighted by Gasteiger charge is 2.18. The van der Waals surface area contributed by atoms with Crippen LogP contribution < -0.4 is 19.7 Å². The minimum Gasteiger partial charge on any atom is -0.493 e. The number of carbonyl (C=O) groups excluding carboxylic acids is 1. The molecule has 1 N–H and O–H groups in total. The van der Waals surface area contributed by atoms with Crippen molar-refractivity contribution in [2.75, 3.05) is 57.2 Å². The zero-order valence-corrected chi connectivity index (χ0v) is 18.2. The molecular weight excluding hydrogens is 390 g/mol. The zero-order chi connectivity index (χ0) is 21.0. The summed E-state index contributed by atoms with van der Waals surface area (Å²) < 4.78 is 10.5. The molecule has 3 rings (SSSR count). The molecular formula is C22H28ClN3O3. The molecule has 7 heteroatoms. The lowest BCUT2D eigenvalue weighted by molar-refractivity contribution is 0.102. The van der Waals surface area contributed by atoms with E-state index in [0.29, 0.717) is 22.1 Å². The van der Waals surface area contributed by atoms with Gasteiger partial charge in [-0.05, 0) is 49.4 Å². The number of amides is 1. The number of benzene rings is 2. The van der Waals surface area contributed by atoms with Crippen molar-refractivity contribution in [3.63, 3.8) is 0 Å². The van der Waals surface area contributed by atoms with Gasteiger partial charge in [-0.1, -0.05) is 18.5 Å². The summed E-state index contributed by atoms with van der Waals surface area (Å²) in [6.45, 7) is 9.48. The van der Waals surface area contributed by atoms with Crippen molar-refractivity contribution in [2.24, 2.45) is 0 Å². The molecule has 0 spiro atoms. The summed E-state index contributed by atoms with van der Waals surface area (Å²) in [5.74, 6) is 0.582. The summed E-state index contributed by atoms with van der Waals surface area (Å²) in [7, 11) is 3.02. The summed E-state index contributed by atoms with van der Waals surface area (Å²) in [6, 6.07) is 9.34. The summed E-state index contributed by atoms with van der Waals surface area (Å²) in [5, 5.41) is 3.30. The Morgan fingerprint density at radius 2 is 1.83 bits per heavy atom. The van der Waals surface area contributed by atoms with Gasteiger partial charge in [-0.15, -0.1) is 0 Å². The third-order valence-electron chi connectivity index (χ3n) is 5.34. The van der Waals surface area contributed by atoms with Gasteiger partial charge >= 0.3 is 0 Å². The highest BCUT2D eigenvalue weighted by atomic mass is 35.5. The van der Waals surface area contributed by atoms with E-state index >= 15 is 0 Å². The summed E-state index contributed by atoms with van der Waals surface area (Å²) in [5.41, 5.74) is 3.38. The van der Waals surface area contributed by atoms with Crippen LogP contribution in [0.3, 0.4) is 0 Å². The normalized spacial score (nSPS) is 14.6. The smallest absolute Gasteiger partial charge is 0.255 e. The molecule has 1 aliphatic rings. The average Bonchev–Trinajstić information content (AvgIpc) is 2.74. The summed E-state index contributed by atoms with van der Waals surface area (Å²) in [6.07, 6.45) is 0. The lowest BCUT2D eigenvalue weighted by Crippen LogP contribution is -2.46. The number of anilines is 2. The Kier molecular flexibility index (Phi) is 6.87. The van der Waals surface area contributed by atoms with Gasteiger partial charge in [0.25, 0.3) is 5.91 Å². The van der Waals surface area contributed by atoms with Crippen molar-refractivity contribution in [1.29, 1.82) is 0 Å². The second kappa shape index (κ2) is 9.37. The maximum Gasteiger partial charge on any atom is 0.255 e. The van der Waals surface area contributed by atoms with Gasteiger partial charge in [0, 0.05) is 43.1 Å². The first-order chi connectivity index (χ1) is 14.0. The van der Waals surface area contributed by atoms with Gasteiger partial charge in [-0.3, -0.25) is 4.79 Å². The van der Waals surface area contributed by atoms with Gasteiger partial charge in [0.05, 0.1) is 19.2 Å². The molecule has 6 nitrogen and oxygen atoms in total. The van der Waals surface area contributed by atoms with Crippen molar-refractivity contribution < 1.29 is 14.3 Å². The van der Waals surface area contributed by atoms with Crippen LogP contribution in [0.15, 0.2) is 30.3 Å². The van der Waals surface area contributed by atoms with E-state index in [1.54, 1.807) is 12.1 Å². The summed E-state index contributed by atoms with van der Waals surface area (Å²) >= 11 is 6.23. The van der Waals surface area contributed by atoms with Gasteiger partial charge in [0.15, 0.2) is 11.5 Å². The molecule has 1 amide bonds. The molecule has 0 aliphatic carbocycles. The number of piperazine rings is 1. The Morgan fingerprint density at radius 1 is 1.10 bits per heavy atom. The fourth-order valence-corrected chi connectivity index (χ4v) is 3.84. The maximum atomic E-state index is 12.8. The summed E-state index contributed by atoms with van der Waals surface area (Å²) in [4.78, 5) is 17.6. The van der Waals surface area contributed by atoms with E-state index in [-0.39, 0.29) is 5.91 Å². The van der Waals surface area contributed by atoms with Gasteiger partial charge in [0.2, 0.25) is 0 Å². The van der Waals surface area contributed by atoms with E-state index in [4.69, 9.17) is 21.1 Å². The number of likely N-dealkylation sites (N-methyl/N-ethyl adjacent to an activating group) is 1. The van der Waals surface area contributed by atoms with E-state index in [2.05, 4.69) is 34.2 Å². The Morgan fingerprint density at radius 3 is 2.41 bits per heavy atom. The molecule has 0 bridgehead atoms. The molecule has 1 fully saturated rings. The van der Waals surface area contributed by atoms with Crippen molar-refractivity contribution in [1.82, 2.24) is 4.90 Å². The topological polar surface area (TPSA) is 54.0 Å². The van der Waals surface area contributed by atoms with E-state index < -0.39 is 0 Å². The van der Waals surface area contributed by atoms with E-state index in [1.807, 2.05) is 13.0 Å². The second-order valence-electron chi connectivity index (χ2n) is 7.07.